The largest absolute Gasteiger partial charge is 0.370 e. The van der Waals surface area contributed by atoms with Crippen molar-refractivity contribution in [2.24, 2.45) is 22.2 Å². The van der Waals surface area contributed by atoms with E-state index in [9.17, 15) is 4.79 Å². The molecule has 0 saturated carbocycles. The number of rotatable bonds is 7. The Morgan fingerprint density at radius 3 is 2.67 bits per heavy atom. The lowest BCUT2D eigenvalue weighted by molar-refractivity contribution is -0.122. The maximum atomic E-state index is 11.3. The molecule has 7 N–H and O–H groups in total. The van der Waals surface area contributed by atoms with E-state index in [2.05, 4.69) is 22.9 Å². The molecule has 6 nitrogen and oxygen atoms in total. The zero-order valence-electron chi connectivity index (χ0n) is 8.65. The summed E-state index contributed by atoms with van der Waals surface area (Å²) in [5, 5.41) is 2.66. The van der Waals surface area contributed by atoms with Gasteiger partial charge in [0.1, 0.15) is 0 Å². The summed E-state index contributed by atoms with van der Waals surface area (Å²) in [6, 6.07) is -0.501. The van der Waals surface area contributed by atoms with Crippen LogP contribution in [0.3, 0.4) is 0 Å². The van der Waals surface area contributed by atoms with Gasteiger partial charge in [-0.15, -0.1) is 0 Å². The molecule has 0 aliphatic carbocycles. The van der Waals surface area contributed by atoms with Gasteiger partial charge in [-0.2, -0.15) is 12.6 Å². The number of hydrogen-bond donors (Lipinski definition) is 5. The summed E-state index contributed by atoms with van der Waals surface area (Å²) in [5.74, 6) is 0.503. The number of nitrogens with one attached hydrogen (secondary N) is 1. The number of amides is 1. The Labute approximate surface area is 95.1 Å². The van der Waals surface area contributed by atoms with Crippen molar-refractivity contribution in [1.29, 1.82) is 0 Å². The van der Waals surface area contributed by atoms with Gasteiger partial charge in [0.15, 0.2) is 5.96 Å². The normalized spacial score (nSPS) is 11.9. The fraction of sp³-hybridized carbons (Fsp3) is 0.750. The number of aliphatic imine (C=N–C) groups is 1. The fourth-order valence-electron chi connectivity index (χ4n) is 0.961. The molecule has 0 rings (SSSR count). The predicted octanol–water partition coefficient (Wildman–Crippen LogP) is -1.59. The number of hydrogen-bond acceptors (Lipinski definition) is 4. The third-order valence-electron chi connectivity index (χ3n) is 1.72. The highest BCUT2D eigenvalue weighted by molar-refractivity contribution is 7.80. The summed E-state index contributed by atoms with van der Waals surface area (Å²) in [6.07, 6.45) is 1.25. The maximum Gasteiger partial charge on any atom is 0.236 e. The van der Waals surface area contributed by atoms with Crippen LogP contribution in [0.25, 0.3) is 0 Å². The molecule has 1 atom stereocenters. The lowest BCUT2D eigenvalue weighted by Gasteiger charge is -2.10. The second kappa shape index (κ2) is 8.37. The van der Waals surface area contributed by atoms with Crippen LogP contribution in [-0.4, -0.2) is 36.8 Å². The number of guanidine groups is 1. The summed E-state index contributed by atoms with van der Waals surface area (Å²) in [7, 11) is 0. The topological polar surface area (TPSA) is 120 Å². The first kappa shape index (κ1) is 14.1. The van der Waals surface area contributed by atoms with Gasteiger partial charge < -0.3 is 22.5 Å². The van der Waals surface area contributed by atoms with Crippen LogP contribution in [0.4, 0.5) is 0 Å². The average molecular weight is 233 g/mol. The number of carbonyl (C=O) groups excluding carboxylic acids is 1. The smallest absolute Gasteiger partial charge is 0.236 e. The Hall–Kier alpha value is -0.950. The average Bonchev–Trinajstić information content (AvgIpc) is 2.20. The summed E-state index contributed by atoms with van der Waals surface area (Å²) < 4.78 is 0. The molecule has 0 fully saturated rings. The van der Waals surface area contributed by atoms with Crippen LogP contribution in [0.5, 0.6) is 0 Å². The van der Waals surface area contributed by atoms with Gasteiger partial charge in [0.2, 0.25) is 5.91 Å². The molecule has 88 valence electrons. The maximum absolute atomic E-state index is 11.3. The first-order valence-electron chi connectivity index (χ1n) is 4.77. The lowest BCUT2D eigenvalue weighted by Crippen LogP contribution is -2.41. The number of carbonyl (C=O) groups is 1. The molecule has 0 unspecified atom stereocenters. The lowest BCUT2D eigenvalue weighted by atomic mass is 10.1. The highest BCUT2D eigenvalue weighted by Crippen LogP contribution is 1.95. The molecule has 7 heteroatoms. The molecule has 0 aromatic rings. The molecule has 0 bridgehead atoms. The standard InChI is InChI=1S/C8H19N5OS/c9-6(7(14)12-4-5-15)2-1-3-13-8(10)11/h6,15H,1-5,9H2,(H,12,14)(H4,10,11,13)/t6-/m0/s1. The Morgan fingerprint density at radius 1 is 1.47 bits per heavy atom. The van der Waals surface area contributed by atoms with Crippen molar-refractivity contribution in [3.05, 3.63) is 0 Å². The Balaban J connectivity index is 3.59. The van der Waals surface area contributed by atoms with Crippen molar-refractivity contribution in [3.8, 4) is 0 Å². The number of nitrogens with zero attached hydrogens (tertiary/aromatic N) is 1. The van der Waals surface area contributed by atoms with Crippen LogP contribution >= 0.6 is 12.6 Å². The first-order valence-corrected chi connectivity index (χ1v) is 5.40. The van der Waals surface area contributed by atoms with Crippen molar-refractivity contribution in [1.82, 2.24) is 5.32 Å². The summed E-state index contributed by atoms with van der Waals surface area (Å²) >= 11 is 3.97. The van der Waals surface area contributed by atoms with E-state index in [-0.39, 0.29) is 11.9 Å². The zero-order valence-corrected chi connectivity index (χ0v) is 9.54. The Bertz CT molecular complexity index is 217. The predicted molar refractivity (Wildman–Crippen MR) is 64.7 cm³/mol. The molecule has 0 spiro atoms. The molecule has 0 heterocycles. The van der Waals surface area contributed by atoms with Gasteiger partial charge in [0.05, 0.1) is 6.04 Å². The van der Waals surface area contributed by atoms with Crippen molar-refractivity contribution in [2.45, 2.75) is 18.9 Å². The molecule has 15 heavy (non-hydrogen) atoms. The van der Waals surface area contributed by atoms with E-state index in [0.29, 0.717) is 31.7 Å². The van der Waals surface area contributed by atoms with E-state index < -0.39 is 6.04 Å². The van der Waals surface area contributed by atoms with Crippen LogP contribution in [0.15, 0.2) is 4.99 Å². The molecule has 0 aromatic heterocycles. The van der Waals surface area contributed by atoms with E-state index in [4.69, 9.17) is 17.2 Å². The van der Waals surface area contributed by atoms with Crippen LogP contribution in [0.2, 0.25) is 0 Å². The number of nitrogens with two attached hydrogens (primary N) is 3. The van der Waals surface area contributed by atoms with Crippen LogP contribution < -0.4 is 22.5 Å². The van der Waals surface area contributed by atoms with Gasteiger partial charge in [0.25, 0.3) is 0 Å². The molecular formula is C8H19N5OS. The molecule has 0 aliphatic heterocycles. The van der Waals surface area contributed by atoms with Gasteiger partial charge in [-0.05, 0) is 12.8 Å². The van der Waals surface area contributed by atoms with E-state index in [0.717, 1.165) is 0 Å². The van der Waals surface area contributed by atoms with E-state index >= 15 is 0 Å². The van der Waals surface area contributed by atoms with E-state index in [1.807, 2.05) is 0 Å². The van der Waals surface area contributed by atoms with Crippen molar-refractivity contribution in [2.75, 3.05) is 18.8 Å². The van der Waals surface area contributed by atoms with E-state index in [1.165, 1.54) is 0 Å². The Kier molecular flexibility index (Phi) is 7.84. The second-order valence-corrected chi connectivity index (χ2v) is 3.52. The molecule has 0 saturated heterocycles. The van der Waals surface area contributed by atoms with Gasteiger partial charge in [-0.3, -0.25) is 9.79 Å². The molecular weight excluding hydrogens is 214 g/mol. The Morgan fingerprint density at radius 2 is 2.13 bits per heavy atom. The molecule has 1 amide bonds. The van der Waals surface area contributed by atoms with Gasteiger partial charge in [-0.1, -0.05) is 0 Å². The SMILES string of the molecule is NC(N)=NCCC[C@H](N)C(=O)NCCS. The highest BCUT2D eigenvalue weighted by atomic mass is 32.1. The third kappa shape index (κ3) is 8.07. The molecule has 0 aliphatic rings. The minimum Gasteiger partial charge on any atom is -0.370 e. The summed E-state index contributed by atoms with van der Waals surface area (Å²) in [5.41, 5.74) is 15.9. The van der Waals surface area contributed by atoms with Gasteiger partial charge in [-0.25, -0.2) is 0 Å². The van der Waals surface area contributed by atoms with Gasteiger partial charge >= 0.3 is 0 Å². The van der Waals surface area contributed by atoms with E-state index in [1.54, 1.807) is 0 Å². The van der Waals surface area contributed by atoms with Crippen molar-refractivity contribution in [3.63, 3.8) is 0 Å². The molecule has 0 aromatic carbocycles. The first-order chi connectivity index (χ1) is 7.07. The zero-order chi connectivity index (χ0) is 11.7. The quantitative estimate of drug-likeness (QED) is 0.158. The van der Waals surface area contributed by atoms with Gasteiger partial charge in [0, 0.05) is 18.8 Å². The van der Waals surface area contributed by atoms with Crippen LogP contribution in [0, 0.1) is 0 Å². The van der Waals surface area contributed by atoms with Crippen LogP contribution in [-0.2, 0) is 4.79 Å². The van der Waals surface area contributed by atoms with Crippen LogP contribution in [0.1, 0.15) is 12.8 Å². The monoisotopic (exact) mass is 233 g/mol. The second-order valence-electron chi connectivity index (χ2n) is 3.07. The minimum atomic E-state index is -0.501. The van der Waals surface area contributed by atoms with Crippen molar-refractivity contribution < 1.29 is 4.79 Å². The minimum absolute atomic E-state index is 0.0584. The molecule has 0 radical (unpaired) electrons. The highest BCUT2D eigenvalue weighted by Gasteiger charge is 2.11. The van der Waals surface area contributed by atoms with Crippen molar-refractivity contribution >= 4 is 24.5 Å². The third-order valence-corrected chi connectivity index (χ3v) is 1.94. The fourth-order valence-corrected chi connectivity index (χ4v) is 1.07. The number of thiol groups is 1. The summed E-state index contributed by atoms with van der Waals surface area (Å²) in [4.78, 5) is 15.1. The summed E-state index contributed by atoms with van der Waals surface area (Å²) in [6.45, 7) is 1.03.